The van der Waals surface area contributed by atoms with E-state index in [1.807, 2.05) is 27.7 Å². The maximum atomic E-state index is 15.5. The van der Waals surface area contributed by atoms with Gasteiger partial charge in [0.25, 0.3) is 0 Å². The third-order valence-electron chi connectivity index (χ3n) is 7.83. The van der Waals surface area contributed by atoms with Crippen molar-refractivity contribution in [2.24, 2.45) is 23.2 Å². The Morgan fingerprint density at radius 1 is 1.10 bits per heavy atom. The molecule has 1 aliphatic heterocycles. The van der Waals surface area contributed by atoms with Gasteiger partial charge in [0.1, 0.15) is 42.4 Å². The molecule has 1 spiro atoms. The average molecular weight is 552 g/mol. The van der Waals surface area contributed by atoms with Gasteiger partial charge in [-0.1, -0.05) is 13.8 Å². The van der Waals surface area contributed by atoms with Crippen LogP contribution in [-0.4, -0.2) is 44.7 Å². The van der Waals surface area contributed by atoms with Gasteiger partial charge in [-0.25, -0.2) is 17.6 Å². The van der Waals surface area contributed by atoms with E-state index < -0.39 is 29.4 Å². The summed E-state index contributed by atoms with van der Waals surface area (Å²) in [6.07, 6.45) is 4.10. The van der Waals surface area contributed by atoms with E-state index in [0.717, 1.165) is 49.8 Å². The van der Waals surface area contributed by atoms with Gasteiger partial charge in [0, 0.05) is 37.4 Å². The molecule has 0 aromatic heterocycles. The van der Waals surface area contributed by atoms with Crippen LogP contribution in [0.25, 0.3) is 11.1 Å². The normalized spacial score (nSPS) is 24.2. The van der Waals surface area contributed by atoms with E-state index in [0.29, 0.717) is 19.1 Å². The van der Waals surface area contributed by atoms with E-state index in [-0.39, 0.29) is 59.5 Å². The zero-order valence-corrected chi connectivity index (χ0v) is 22.4. The first kappa shape index (κ1) is 30.6. The Bertz CT molecular complexity index is 1170. The first-order valence-electron chi connectivity index (χ1n) is 13.1. The molecule has 3 aliphatic rings. The van der Waals surface area contributed by atoms with Crippen LogP contribution in [0.15, 0.2) is 30.3 Å². The lowest BCUT2D eigenvalue weighted by molar-refractivity contribution is -0.148. The zero-order chi connectivity index (χ0) is 28.9. The van der Waals surface area contributed by atoms with Crippen LogP contribution < -0.4 is 5.32 Å². The number of rotatable bonds is 7. The van der Waals surface area contributed by atoms with Gasteiger partial charge in [-0.05, 0) is 79.5 Å². The van der Waals surface area contributed by atoms with E-state index in [2.05, 4.69) is 5.32 Å². The number of aldehydes is 1. The third-order valence-corrected chi connectivity index (χ3v) is 7.83. The second-order valence-corrected chi connectivity index (χ2v) is 10.8. The summed E-state index contributed by atoms with van der Waals surface area (Å²) in [5, 5.41) is 3.33. The van der Waals surface area contributed by atoms with Gasteiger partial charge in [-0.2, -0.15) is 0 Å². The van der Waals surface area contributed by atoms with Crippen molar-refractivity contribution in [3.63, 3.8) is 0 Å². The zero-order valence-electron chi connectivity index (χ0n) is 22.4. The Kier molecular flexibility index (Phi) is 10.2. The Balaban J connectivity index is 0.000000634. The number of halogens is 4. The highest BCUT2D eigenvalue weighted by atomic mass is 19.1. The number of ketones is 1. The molecule has 1 saturated heterocycles. The molecule has 4 atom stereocenters. The van der Waals surface area contributed by atoms with E-state index in [4.69, 9.17) is 9.53 Å². The molecule has 1 heterocycles. The molecule has 214 valence electrons. The molecule has 5 nitrogen and oxygen atoms in total. The number of carbonyl (C=O) groups excluding carboxylic acids is 3. The summed E-state index contributed by atoms with van der Waals surface area (Å²) >= 11 is 0. The molecule has 2 aromatic carbocycles. The van der Waals surface area contributed by atoms with Crippen LogP contribution in [0.5, 0.6) is 0 Å². The molecular weight excluding hydrogens is 514 g/mol. The minimum atomic E-state index is -0.863. The van der Waals surface area contributed by atoms with Gasteiger partial charge in [-0.15, -0.1) is 0 Å². The van der Waals surface area contributed by atoms with E-state index in [9.17, 15) is 22.8 Å². The second-order valence-electron chi connectivity index (χ2n) is 10.8. The number of hydrogen-bond acceptors (Lipinski definition) is 5. The lowest BCUT2D eigenvalue weighted by Crippen LogP contribution is -2.43. The Morgan fingerprint density at radius 3 is 2.13 bits per heavy atom. The minimum Gasteiger partial charge on any atom is -0.370 e. The smallest absolute Gasteiger partial charge is 0.165 e. The van der Waals surface area contributed by atoms with E-state index in [1.54, 1.807) is 0 Å². The molecule has 1 unspecified atom stereocenters. The summed E-state index contributed by atoms with van der Waals surface area (Å²) in [5.74, 6) is -3.38. The Labute approximate surface area is 227 Å². The number of Topliss-reactive ketones (excluding diaryl/α,β-unsaturated/α-hetero) is 1. The summed E-state index contributed by atoms with van der Waals surface area (Å²) in [7, 11) is 1.84. The largest absolute Gasteiger partial charge is 0.370 e. The fourth-order valence-corrected chi connectivity index (χ4v) is 5.84. The van der Waals surface area contributed by atoms with E-state index in [1.165, 1.54) is 0 Å². The van der Waals surface area contributed by atoms with Crippen molar-refractivity contribution in [1.29, 1.82) is 0 Å². The molecule has 1 N–H and O–H groups in total. The summed E-state index contributed by atoms with van der Waals surface area (Å²) in [6, 6.07) is 4.73. The Hall–Kier alpha value is -2.91. The minimum absolute atomic E-state index is 0. The van der Waals surface area contributed by atoms with Crippen LogP contribution in [0.4, 0.5) is 17.6 Å². The highest BCUT2D eigenvalue weighted by molar-refractivity contribution is 5.87. The monoisotopic (exact) mass is 551 g/mol. The molecule has 0 radical (unpaired) electrons. The number of ether oxygens (including phenoxy) is 1. The topological polar surface area (TPSA) is 72.5 Å². The maximum absolute atomic E-state index is 15.5. The molecule has 2 saturated carbocycles. The van der Waals surface area contributed by atoms with Crippen LogP contribution in [-0.2, 0) is 25.5 Å². The molecule has 3 fully saturated rings. The summed E-state index contributed by atoms with van der Waals surface area (Å²) < 4.78 is 62.9. The third kappa shape index (κ3) is 6.81. The van der Waals surface area contributed by atoms with Crippen LogP contribution >= 0.6 is 0 Å². The van der Waals surface area contributed by atoms with Gasteiger partial charge in [0.2, 0.25) is 0 Å². The molecule has 5 rings (SSSR count). The predicted molar refractivity (Wildman–Crippen MR) is 141 cm³/mol. The molecule has 0 amide bonds. The van der Waals surface area contributed by atoms with Crippen LogP contribution in [0.1, 0.15) is 46.5 Å². The van der Waals surface area contributed by atoms with Gasteiger partial charge < -0.3 is 19.6 Å². The van der Waals surface area contributed by atoms with Crippen molar-refractivity contribution < 1.29 is 38.1 Å². The van der Waals surface area contributed by atoms with E-state index >= 15 is 4.39 Å². The number of carbonyl (C=O) groups is 3. The van der Waals surface area contributed by atoms with Gasteiger partial charge in [0.05, 0.1) is 6.61 Å². The van der Waals surface area contributed by atoms with Crippen LogP contribution in [0.3, 0.4) is 0 Å². The van der Waals surface area contributed by atoms with Crippen molar-refractivity contribution in [1.82, 2.24) is 5.32 Å². The standard InChI is InChI=1S/C25H25F4NO2.C4H8O.CH2O.H2/c1-30-24-19(20(12-25(24)3-4-25)23(31)21-2-5-32-21)9-14-8-17(28)11-18(22(14)29)13-6-15(26)10-16(27)7-13;1-4(2)3-5;1-2;/h6-8,10-11,19-21,24,30H,2-5,9,12H2,1H3;3-4H,1-2H3;1H2;1H/t19-,20?,21-,24-;;;/m1.../s1. The van der Waals surface area contributed by atoms with Crippen molar-refractivity contribution >= 4 is 18.9 Å². The molecule has 0 bridgehead atoms. The first-order chi connectivity index (χ1) is 18.6. The molecule has 2 aliphatic carbocycles. The van der Waals surface area contributed by atoms with Crippen molar-refractivity contribution in [2.75, 3.05) is 13.7 Å². The fourth-order valence-electron chi connectivity index (χ4n) is 5.84. The number of hydrogen-bond donors (Lipinski definition) is 1. The second kappa shape index (κ2) is 13.0. The van der Waals surface area contributed by atoms with Crippen LogP contribution in [0, 0.1) is 46.4 Å². The average Bonchev–Trinajstić information content (AvgIpc) is 3.57. The highest BCUT2D eigenvalue weighted by Crippen LogP contribution is 2.62. The molecule has 39 heavy (non-hydrogen) atoms. The quantitative estimate of drug-likeness (QED) is 0.352. The molecular formula is C30H37F4NO4. The highest BCUT2D eigenvalue weighted by Gasteiger charge is 2.61. The summed E-state index contributed by atoms with van der Waals surface area (Å²) in [5.41, 5.74) is -0.128. The fraction of sp³-hybridized carbons (Fsp3) is 0.500. The lowest BCUT2D eigenvalue weighted by atomic mass is 9.81. The molecule has 2 aromatic rings. The predicted octanol–water partition coefficient (Wildman–Crippen LogP) is 5.72. The molecule has 9 heteroatoms. The van der Waals surface area contributed by atoms with Gasteiger partial charge >= 0.3 is 0 Å². The SMILES string of the molecule is C=O.CC(C)C=O.CN[C@@H]1[C@H](Cc2cc(F)cc(-c3cc(F)cc(F)c3)c2F)C(C(=O)[C@H]2CCO2)CC12CC2.[HH]. The van der Waals surface area contributed by atoms with Crippen molar-refractivity contribution in [3.05, 3.63) is 59.2 Å². The summed E-state index contributed by atoms with van der Waals surface area (Å²) in [6.45, 7) is 6.28. The first-order valence-corrected chi connectivity index (χ1v) is 13.1. The lowest BCUT2D eigenvalue weighted by Gasteiger charge is -2.31. The van der Waals surface area contributed by atoms with Gasteiger partial charge in [-0.3, -0.25) is 4.79 Å². The maximum Gasteiger partial charge on any atom is 0.165 e. The Morgan fingerprint density at radius 2 is 1.67 bits per heavy atom. The number of benzene rings is 2. The van der Waals surface area contributed by atoms with Crippen LogP contribution in [0.2, 0.25) is 0 Å². The van der Waals surface area contributed by atoms with Crippen molar-refractivity contribution in [2.45, 2.75) is 58.1 Å². The number of nitrogens with one attached hydrogen (secondary N) is 1. The van der Waals surface area contributed by atoms with Crippen molar-refractivity contribution in [3.8, 4) is 11.1 Å². The van der Waals surface area contributed by atoms with Gasteiger partial charge in [0.15, 0.2) is 5.78 Å². The summed E-state index contributed by atoms with van der Waals surface area (Å²) in [4.78, 5) is 30.6.